The van der Waals surface area contributed by atoms with Gasteiger partial charge in [0, 0.05) is 27.7 Å². The molecule has 2 aromatic heterocycles. The number of nitrogens with zero attached hydrogens (tertiary/aromatic N) is 7. The normalized spacial score (nSPS) is 10.6. The lowest BCUT2D eigenvalue weighted by Gasteiger charge is -2.12. The fraction of sp³-hybridized carbons (Fsp3) is 0.545. The van der Waals surface area contributed by atoms with Gasteiger partial charge in [0.15, 0.2) is 5.16 Å². The van der Waals surface area contributed by atoms with E-state index in [4.69, 9.17) is 0 Å². The Morgan fingerprint density at radius 3 is 2.70 bits per heavy atom. The fourth-order valence-corrected chi connectivity index (χ4v) is 2.07. The Bertz CT molecular complexity index is 567. The summed E-state index contributed by atoms with van der Waals surface area (Å²) < 4.78 is 1.68. The number of aryl methyl sites for hydroxylation is 1. The lowest BCUT2D eigenvalue weighted by Crippen LogP contribution is -2.16. The third-order valence-electron chi connectivity index (χ3n) is 2.39. The van der Waals surface area contributed by atoms with Crippen molar-refractivity contribution in [2.45, 2.75) is 23.7 Å². The molecule has 0 saturated carbocycles. The summed E-state index contributed by atoms with van der Waals surface area (Å²) in [6.45, 7) is 2.92. The lowest BCUT2D eigenvalue weighted by atomic mass is 10.5. The first-order chi connectivity index (χ1) is 9.60. The second kappa shape index (κ2) is 6.51. The van der Waals surface area contributed by atoms with Crippen LogP contribution in [0, 0.1) is 0 Å². The third-order valence-corrected chi connectivity index (χ3v) is 3.31. The summed E-state index contributed by atoms with van der Waals surface area (Å²) in [6.07, 6.45) is 2.52. The molecular weight excluding hydrogens is 276 g/mol. The van der Waals surface area contributed by atoms with Crippen molar-refractivity contribution in [3.8, 4) is 0 Å². The molecule has 0 aliphatic rings. The first kappa shape index (κ1) is 14.5. The fourth-order valence-electron chi connectivity index (χ4n) is 1.37. The summed E-state index contributed by atoms with van der Waals surface area (Å²) in [4.78, 5) is 19.2. The first-order valence-electron chi connectivity index (χ1n) is 6.29. The number of aromatic nitrogens is 6. The average Bonchev–Trinajstić information content (AvgIpc) is 2.81. The Labute approximate surface area is 122 Å². The molecule has 0 aliphatic carbocycles. The Morgan fingerprint density at radius 1 is 1.30 bits per heavy atom. The standard InChI is InChI=1S/C11H18N8S/c1-5-6-12-8-15-9(18(2)3)17-10(16-8)20-11-13-7-14-19(11)4/h7H,5-6H2,1-4H3,(H,12,15,16,17). The van der Waals surface area contributed by atoms with Crippen LogP contribution >= 0.6 is 11.8 Å². The van der Waals surface area contributed by atoms with Crippen LogP contribution in [0.2, 0.25) is 0 Å². The molecule has 0 bridgehead atoms. The highest BCUT2D eigenvalue weighted by Crippen LogP contribution is 2.23. The summed E-state index contributed by atoms with van der Waals surface area (Å²) in [5, 5.41) is 8.54. The maximum absolute atomic E-state index is 4.40. The molecule has 108 valence electrons. The highest BCUT2D eigenvalue weighted by Gasteiger charge is 2.11. The molecule has 0 aromatic carbocycles. The number of rotatable bonds is 6. The summed E-state index contributed by atoms with van der Waals surface area (Å²) in [5.74, 6) is 1.19. The molecule has 0 fully saturated rings. The first-order valence-corrected chi connectivity index (χ1v) is 7.11. The van der Waals surface area contributed by atoms with Crippen LogP contribution in [0.5, 0.6) is 0 Å². The summed E-state index contributed by atoms with van der Waals surface area (Å²) in [5.41, 5.74) is 0. The molecule has 0 unspecified atom stereocenters. The van der Waals surface area contributed by atoms with Crippen LogP contribution < -0.4 is 10.2 Å². The molecule has 2 rings (SSSR count). The molecular formula is C11H18N8S. The van der Waals surface area contributed by atoms with Crippen LogP contribution in [0.25, 0.3) is 0 Å². The summed E-state index contributed by atoms with van der Waals surface area (Å²) in [7, 11) is 5.63. The monoisotopic (exact) mass is 294 g/mol. The summed E-state index contributed by atoms with van der Waals surface area (Å²) in [6, 6.07) is 0. The predicted molar refractivity (Wildman–Crippen MR) is 78.1 cm³/mol. The van der Waals surface area contributed by atoms with Crippen molar-refractivity contribution >= 4 is 23.7 Å². The molecule has 1 N–H and O–H groups in total. The zero-order chi connectivity index (χ0) is 14.5. The topological polar surface area (TPSA) is 84.7 Å². The van der Waals surface area contributed by atoms with E-state index in [2.05, 4.69) is 37.3 Å². The second-order valence-corrected chi connectivity index (χ2v) is 5.27. The minimum Gasteiger partial charge on any atom is -0.354 e. The van der Waals surface area contributed by atoms with Gasteiger partial charge in [-0.25, -0.2) is 9.67 Å². The van der Waals surface area contributed by atoms with Crippen molar-refractivity contribution < 1.29 is 0 Å². The van der Waals surface area contributed by atoms with Gasteiger partial charge >= 0.3 is 0 Å². The molecule has 8 nitrogen and oxygen atoms in total. The zero-order valence-corrected chi connectivity index (χ0v) is 12.8. The van der Waals surface area contributed by atoms with Gasteiger partial charge in [-0.15, -0.1) is 0 Å². The van der Waals surface area contributed by atoms with Crippen molar-refractivity contribution in [1.82, 2.24) is 29.7 Å². The number of anilines is 2. The van der Waals surface area contributed by atoms with Crippen LogP contribution in [-0.4, -0.2) is 50.4 Å². The smallest absolute Gasteiger partial charge is 0.230 e. The maximum atomic E-state index is 4.40. The van der Waals surface area contributed by atoms with E-state index in [1.807, 2.05) is 26.0 Å². The Hall–Kier alpha value is -1.90. The van der Waals surface area contributed by atoms with E-state index >= 15 is 0 Å². The van der Waals surface area contributed by atoms with Gasteiger partial charge in [0.2, 0.25) is 17.1 Å². The van der Waals surface area contributed by atoms with E-state index in [9.17, 15) is 0 Å². The van der Waals surface area contributed by atoms with Crippen LogP contribution in [-0.2, 0) is 7.05 Å². The Balaban J connectivity index is 2.26. The van der Waals surface area contributed by atoms with Crippen molar-refractivity contribution in [2.24, 2.45) is 7.05 Å². The van der Waals surface area contributed by atoms with E-state index in [0.29, 0.717) is 17.1 Å². The molecule has 9 heteroatoms. The van der Waals surface area contributed by atoms with E-state index in [-0.39, 0.29) is 0 Å². The lowest BCUT2D eigenvalue weighted by molar-refractivity contribution is 0.683. The van der Waals surface area contributed by atoms with E-state index in [0.717, 1.165) is 18.1 Å². The SMILES string of the molecule is CCCNc1nc(Sc2ncnn2C)nc(N(C)C)n1. The van der Waals surface area contributed by atoms with E-state index in [1.165, 1.54) is 18.1 Å². The van der Waals surface area contributed by atoms with Crippen LogP contribution in [0.15, 0.2) is 16.6 Å². The minimum absolute atomic E-state index is 0.579. The Kier molecular flexibility index (Phi) is 4.72. The van der Waals surface area contributed by atoms with Crippen molar-refractivity contribution in [3.63, 3.8) is 0 Å². The molecule has 0 radical (unpaired) electrons. The van der Waals surface area contributed by atoms with Crippen molar-refractivity contribution in [2.75, 3.05) is 30.9 Å². The van der Waals surface area contributed by atoms with E-state index in [1.54, 1.807) is 4.68 Å². The highest BCUT2D eigenvalue weighted by atomic mass is 32.2. The maximum Gasteiger partial charge on any atom is 0.230 e. The second-order valence-electron chi connectivity index (χ2n) is 4.33. The van der Waals surface area contributed by atoms with Crippen molar-refractivity contribution in [1.29, 1.82) is 0 Å². The molecule has 2 aromatic rings. The molecule has 0 atom stereocenters. The van der Waals surface area contributed by atoms with Gasteiger partial charge in [-0.3, -0.25) is 0 Å². The number of hydrogen-bond donors (Lipinski definition) is 1. The average molecular weight is 294 g/mol. The van der Waals surface area contributed by atoms with Crippen LogP contribution in [0.3, 0.4) is 0 Å². The molecule has 0 saturated heterocycles. The third kappa shape index (κ3) is 3.56. The van der Waals surface area contributed by atoms with Gasteiger partial charge in [-0.2, -0.15) is 20.1 Å². The van der Waals surface area contributed by atoms with Gasteiger partial charge < -0.3 is 10.2 Å². The molecule has 0 aliphatic heterocycles. The zero-order valence-electron chi connectivity index (χ0n) is 12.0. The largest absolute Gasteiger partial charge is 0.354 e. The van der Waals surface area contributed by atoms with Gasteiger partial charge in [-0.1, -0.05) is 6.92 Å². The summed E-state index contributed by atoms with van der Waals surface area (Å²) >= 11 is 1.36. The number of hydrogen-bond acceptors (Lipinski definition) is 8. The van der Waals surface area contributed by atoms with Crippen LogP contribution in [0.4, 0.5) is 11.9 Å². The predicted octanol–water partition coefficient (Wildman–Crippen LogP) is 1.04. The van der Waals surface area contributed by atoms with Crippen LogP contribution in [0.1, 0.15) is 13.3 Å². The number of nitrogens with one attached hydrogen (secondary N) is 1. The molecule has 2 heterocycles. The molecule has 20 heavy (non-hydrogen) atoms. The van der Waals surface area contributed by atoms with Gasteiger partial charge in [-0.05, 0) is 18.2 Å². The van der Waals surface area contributed by atoms with Gasteiger partial charge in [0.25, 0.3) is 0 Å². The van der Waals surface area contributed by atoms with E-state index < -0.39 is 0 Å². The quantitative estimate of drug-likeness (QED) is 0.846. The van der Waals surface area contributed by atoms with Gasteiger partial charge in [0.1, 0.15) is 6.33 Å². The highest BCUT2D eigenvalue weighted by molar-refractivity contribution is 7.99. The van der Waals surface area contributed by atoms with Gasteiger partial charge in [0.05, 0.1) is 0 Å². The Morgan fingerprint density at radius 2 is 2.10 bits per heavy atom. The van der Waals surface area contributed by atoms with Crippen molar-refractivity contribution in [3.05, 3.63) is 6.33 Å². The molecule has 0 spiro atoms. The molecule has 0 amide bonds. The minimum atomic E-state index is 0.579.